The molecule has 0 amide bonds. The zero-order chi connectivity index (χ0) is 16.9. The second-order valence-electron chi connectivity index (χ2n) is 5.91. The molecule has 0 aliphatic carbocycles. The first-order valence-electron chi connectivity index (χ1n) is 8.59. The van der Waals surface area contributed by atoms with Gasteiger partial charge in [-0.3, -0.25) is 0 Å². The van der Waals surface area contributed by atoms with Gasteiger partial charge in [0.2, 0.25) is 0 Å². The van der Waals surface area contributed by atoms with Crippen LogP contribution in [0.2, 0.25) is 0 Å². The highest BCUT2D eigenvalue weighted by Crippen LogP contribution is 2.43. The van der Waals surface area contributed by atoms with Crippen LogP contribution in [0.1, 0.15) is 32.3 Å². The molecule has 0 fully saturated rings. The van der Waals surface area contributed by atoms with Crippen molar-refractivity contribution in [3.8, 4) is 11.5 Å². The topological polar surface area (TPSA) is 18.5 Å². The summed E-state index contributed by atoms with van der Waals surface area (Å²) in [4.78, 5) is 0. The zero-order valence-corrected chi connectivity index (χ0v) is 15.0. The molecule has 3 aromatic carbocycles. The van der Waals surface area contributed by atoms with Gasteiger partial charge in [0.1, 0.15) is 11.5 Å². The van der Waals surface area contributed by atoms with E-state index in [2.05, 4.69) is 44.2 Å². The summed E-state index contributed by atoms with van der Waals surface area (Å²) in [6, 6.07) is 14.6. The number of fused-ring (bicyclic) bond motifs is 2. The van der Waals surface area contributed by atoms with E-state index in [1.807, 2.05) is 12.1 Å². The van der Waals surface area contributed by atoms with Crippen LogP contribution < -0.4 is 9.47 Å². The van der Waals surface area contributed by atoms with Gasteiger partial charge in [-0.05, 0) is 24.5 Å². The van der Waals surface area contributed by atoms with Gasteiger partial charge in [-0.1, -0.05) is 50.2 Å². The van der Waals surface area contributed by atoms with Gasteiger partial charge >= 0.3 is 0 Å². The molecule has 0 atom stereocenters. The first kappa shape index (κ1) is 16.9. The monoisotopic (exact) mass is 342 g/mol. The average molecular weight is 343 g/mol. The van der Waals surface area contributed by atoms with Gasteiger partial charge in [0.25, 0.3) is 0 Å². The van der Waals surface area contributed by atoms with Crippen molar-refractivity contribution < 1.29 is 9.47 Å². The SMILES string of the molecule is CCCOc1c2ccccc2c(OCCC)c2cc(CCl)ccc12. The van der Waals surface area contributed by atoms with Gasteiger partial charge in [-0.25, -0.2) is 0 Å². The van der Waals surface area contributed by atoms with E-state index in [9.17, 15) is 0 Å². The van der Waals surface area contributed by atoms with E-state index in [1.54, 1.807) is 0 Å². The second kappa shape index (κ2) is 7.76. The Morgan fingerprint density at radius 3 is 1.83 bits per heavy atom. The number of alkyl halides is 1. The molecular formula is C21H23ClO2. The van der Waals surface area contributed by atoms with E-state index in [0.717, 1.165) is 51.4 Å². The first-order chi connectivity index (χ1) is 11.8. The number of rotatable bonds is 7. The molecule has 0 aromatic heterocycles. The highest BCUT2D eigenvalue weighted by molar-refractivity contribution is 6.17. The van der Waals surface area contributed by atoms with Crippen molar-refractivity contribution in [1.29, 1.82) is 0 Å². The van der Waals surface area contributed by atoms with Crippen molar-refractivity contribution in [1.82, 2.24) is 0 Å². The third-order valence-electron chi connectivity index (χ3n) is 4.04. The lowest BCUT2D eigenvalue weighted by atomic mass is 9.99. The molecule has 3 rings (SSSR count). The van der Waals surface area contributed by atoms with Gasteiger partial charge in [0, 0.05) is 27.4 Å². The van der Waals surface area contributed by atoms with Crippen LogP contribution in [0.3, 0.4) is 0 Å². The summed E-state index contributed by atoms with van der Waals surface area (Å²) >= 11 is 6.05. The Bertz CT molecular complexity index is 842. The van der Waals surface area contributed by atoms with E-state index in [0.29, 0.717) is 19.1 Å². The number of ether oxygens (including phenoxy) is 2. The minimum Gasteiger partial charge on any atom is -0.492 e. The summed E-state index contributed by atoms with van der Waals surface area (Å²) in [7, 11) is 0. The van der Waals surface area contributed by atoms with Crippen molar-refractivity contribution in [3.05, 3.63) is 48.0 Å². The van der Waals surface area contributed by atoms with Gasteiger partial charge < -0.3 is 9.47 Å². The highest BCUT2D eigenvalue weighted by atomic mass is 35.5. The molecule has 0 aliphatic heterocycles. The van der Waals surface area contributed by atoms with Crippen LogP contribution in [-0.2, 0) is 5.88 Å². The van der Waals surface area contributed by atoms with Crippen molar-refractivity contribution >= 4 is 33.1 Å². The van der Waals surface area contributed by atoms with Crippen molar-refractivity contribution in [2.24, 2.45) is 0 Å². The highest BCUT2D eigenvalue weighted by Gasteiger charge is 2.16. The Morgan fingerprint density at radius 2 is 1.29 bits per heavy atom. The molecule has 126 valence electrons. The molecule has 0 aliphatic rings. The molecule has 0 spiro atoms. The van der Waals surface area contributed by atoms with E-state index in [-0.39, 0.29) is 0 Å². The third kappa shape index (κ3) is 3.16. The maximum absolute atomic E-state index is 6.14. The van der Waals surface area contributed by atoms with Crippen LogP contribution in [0.25, 0.3) is 21.5 Å². The molecule has 0 N–H and O–H groups in total. The Labute approximate surface area is 148 Å². The maximum atomic E-state index is 6.14. The molecule has 0 heterocycles. The van der Waals surface area contributed by atoms with Crippen LogP contribution in [0.5, 0.6) is 11.5 Å². The third-order valence-corrected chi connectivity index (χ3v) is 4.35. The minimum atomic E-state index is 0.487. The Hall–Kier alpha value is -1.93. The van der Waals surface area contributed by atoms with Crippen LogP contribution in [0.15, 0.2) is 42.5 Å². The van der Waals surface area contributed by atoms with Crippen molar-refractivity contribution in [3.63, 3.8) is 0 Å². The van der Waals surface area contributed by atoms with Gasteiger partial charge in [-0.15, -0.1) is 11.6 Å². The molecule has 0 radical (unpaired) electrons. The lowest BCUT2D eigenvalue weighted by Crippen LogP contribution is -2.01. The fraction of sp³-hybridized carbons (Fsp3) is 0.333. The first-order valence-corrected chi connectivity index (χ1v) is 9.12. The van der Waals surface area contributed by atoms with Gasteiger partial charge in [0.05, 0.1) is 13.2 Å². The summed E-state index contributed by atoms with van der Waals surface area (Å²) in [5.74, 6) is 2.35. The molecule has 0 bridgehead atoms. The standard InChI is InChI=1S/C21H23ClO2/c1-3-11-23-20-16-7-5-6-8-17(16)21(24-12-4-2)19-13-15(14-22)9-10-18(19)20/h5-10,13H,3-4,11-12,14H2,1-2H3. The average Bonchev–Trinajstić information content (AvgIpc) is 2.64. The lowest BCUT2D eigenvalue weighted by Gasteiger charge is -2.18. The maximum Gasteiger partial charge on any atom is 0.135 e. The Balaban J connectivity index is 2.34. The molecule has 3 heteroatoms. The van der Waals surface area contributed by atoms with Crippen molar-refractivity contribution in [2.75, 3.05) is 13.2 Å². The Kier molecular flexibility index (Phi) is 5.47. The van der Waals surface area contributed by atoms with Gasteiger partial charge in [0.15, 0.2) is 0 Å². The minimum absolute atomic E-state index is 0.487. The molecule has 3 aromatic rings. The van der Waals surface area contributed by atoms with Crippen LogP contribution in [0, 0.1) is 0 Å². The summed E-state index contributed by atoms with van der Waals surface area (Å²) in [5.41, 5.74) is 1.09. The van der Waals surface area contributed by atoms with E-state index >= 15 is 0 Å². The summed E-state index contributed by atoms with van der Waals surface area (Å²) < 4.78 is 12.3. The zero-order valence-electron chi connectivity index (χ0n) is 14.3. The van der Waals surface area contributed by atoms with Crippen molar-refractivity contribution in [2.45, 2.75) is 32.6 Å². The molecular weight excluding hydrogens is 320 g/mol. The molecule has 2 nitrogen and oxygen atoms in total. The summed E-state index contributed by atoms with van der Waals surface area (Å²) in [6.07, 6.45) is 1.95. The quantitative estimate of drug-likeness (QED) is 0.370. The molecule has 0 saturated carbocycles. The second-order valence-corrected chi connectivity index (χ2v) is 6.18. The predicted molar refractivity (Wildman–Crippen MR) is 103 cm³/mol. The summed E-state index contributed by atoms with van der Waals surface area (Å²) in [5, 5.41) is 4.35. The lowest BCUT2D eigenvalue weighted by molar-refractivity contribution is 0.319. The van der Waals surface area contributed by atoms with Crippen LogP contribution in [-0.4, -0.2) is 13.2 Å². The largest absolute Gasteiger partial charge is 0.492 e. The summed E-state index contributed by atoms with van der Waals surface area (Å²) in [6.45, 7) is 5.63. The number of hydrogen-bond acceptors (Lipinski definition) is 2. The molecule has 0 unspecified atom stereocenters. The fourth-order valence-corrected chi connectivity index (χ4v) is 3.12. The number of benzene rings is 3. The van der Waals surface area contributed by atoms with E-state index in [4.69, 9.17) is 21.1 Å². The number of hydrogen-bond donors (Lipinski definition) is 0. The fourth-order valence-electron chi connectivity index (χ4n) is 2.95. The van der Waals surface area contributed by atoms with E-state index in [1.165, 1.54) is 0 Å². The smallest absolute Gasteiger partial charge is 0.135 e. The normalized spacial score (nSPS) is 11.1. The molecule has 24 heavy (non-hydrogen) atoms. The van der Waals surface area contributed by atoms with E-state index < -0.39 is 0 Å². The molecule has 0 saturated heterocycles. The van der Waals surface area contributed by atoms with Crippen LogP contribution >= 0.6 is 11.6 Å². The Morgan fingerprint density at radius 1 is 0.750 bits per heavy atom. The van der Waals surface area contributed by atoms with Gasteiger partial charge in [-0.2, -0.15) is 0 Å². The predicted octanol–water partition coefficient (Wildman–Crippen LogP) is 6.31. The number of halogens is 1. The van der Waals surface area contributed by atoms with Crippen LogP contribution in [0.4, 0.5) is 0 Å².